The van der Waals surface area contributed by atoms with Gasteiger partial charge in [0.25, 0.3) is 0 Å². The zero-order valence-corrected chi connectivity index (χ0v) is 17.2. The minimum absolute atomic E-state index is 0.601. The van der Waals surface area contributed by atoms with E-state index in [1.807, 2.05) is 30.3 Å². The summed E-state index contributed by atoms with van der Waals surface area (Å²) in [5.41, 5.74) is 4.51. The standard InChI is InChI=1S/C23H29N5O/c1-18-14-20(25-23-24-17-28(26-23)21-6-4-3-5-7-21)16-22(15-18)27-11-8-19(9-12-27)10-13-29-2/h3-7,14-17,19H,8-13H2,1-2H3,(H,25,26). The Morgan fingerprint density at radius 3 is 2.62 bits per heavy atom. The third kappa shape index (κ3) is 4.95. The smallest absolute Gasteiger partial charge is 0.246 e. The van der Waals surface area contributed by atoms with E-state index in [1.54, 1.807) is 18.1 Å². The molecule has 6 nitrogen and oxygen atoms in total. The van der Waals surface area contributed by atoms with Crippen LogP contribution < -0.4 is 10.2 Å². The molecule has 1 saturated heterocycles. The number of methoxy groups -OCH3 is 1. The Hall–Kier alpha value is -2.86. The zero-order valence-electron chi connectivity index (χ0n) is 17.2. The van der Waals surface area contributed by atoms with Gasteiger partial charge in [0, 0.05) is 38.2 Å². The second kappa shape index (κ2) is 9.09. The van der Waals surface area contributed by atoms with Crippen molar-refractivity contribution in [1.82, 2.24) is 14.8 Å². The van der Waals surface area contributed by atoms with E-state index in [4.69, 9.17) is 4.74 Å². The van der Waals surface area contributed by atoms with Crippen molar-refractivity contribution >= 4 is 17.3 Å². The van der Waals surface area contributed by atoms with Crippen molar-refractivity contribution in [2.24, 2.45) is 5.92 Å². The molecule has 0 bridgehead atoms. The Balaban J connectivity index is 1.43. The first kappa shape index (κ1) is 19.5. The van der Waals surface area contributed by atoms with Gasteiger partial charge < -0.3 is 15.0 Å². The summed E-state index contributed by atoms with van der Waals surface area (Å²) in [7, 11) is 1.79. The lowest BCUT2D eigenvalue weighted by molar-refractivity contribution is 0.170. The molecule has 0 radical (unpaired) electrons. The number of nitrogens with one attached hydrogen (secondary N) is 1. The van der Waals surface area contributed by atoms with Gasteiger partial charge in [0.15, 0.2) is 0 Å². The Morgan fingerprint density at radius 2 is 1.86 bits per heavy atom. The number of anilines is 3. The van der Waals surface area contributed by atoms with Gasteiger partial charge in [-0.05, 0) is 68.0 Å². The quantitative estimate of drug-likeness (QED) is 0.639. The summed E-state index contributed by atoms with van der Waals surface area (Å²) in [6.07, 6.45) is 5.35. The number of nitrogens with zero attached hydrogens (tertiary/aromatic N) is 4. The lowest BCUT2D eigenvalue weighted by Crippen LogP contribution is -2.34. The number of ether oxygens (including phenoxy) is 1. The van der Waals surface area contributed by atoms with E-state index in [9.17, 15) is 0 Å². The van der Waals surface area contributed by atoms with E-state index in [0.29, 0.717) is 5.95 Å². The first-order valence-corrected chi connectivity index (χ1v) is 10.3. The molecule has 2 heterocycles. The van der Waals surface area contributed by atoms with Crippen LogP contribution in [0.25, 0.3) is 5.69 Å². The molecule has 0 spiro atoms. The zero-order chi connectivity index (χ0) is 20.1. The normalized spacial score (nSPS) is 14.9. The highest BCUT2D eigenvalue weighted by Gasteiger charge is 2.19. The summed E-state index contributed by atoms with van der Waals surface area (Å²) in [5.74, 6) is 1.38. The summed E-state index contributed by atoms with van der Waals surface area (Å²) >= 11 is 0. The topological polar surface area (TPSA) is 55.2 Å². The fourth-order valence-corrected chi connectivity index (χ4v) is 3.94. The molecule has 0 atom stereocenters. The van der Waals surface area contributed by atoms with Gasteiger partial charge in [0.05, 0.1) is 5.69 Å². The number of aromatic nitrogens is 3. The Morgan fingerprint density at radius 1 is 1.07 bits per heavy atom. The molecule has 4 rings (SSSR count). The van der Waals surface area contributed by atoms with Gasteiger partial charge >= 0.3 is 0 Å². The number of aryl methyl sites for hydroxylation is 1. The summed E-state index contributed by atoms with van der Waals surface area (Å²) in [4.78, 5) is 6.90. The number of hydrogen-bond donors (Lipinski definition) is 1. The fraction of sp³-hybridized carbons (Fsp3) is 0.391. The average molecular weight is 392 g/mol. The molecule has 0 amide bonds. The van der Waals surface area contributed by atoms with Gasteiger partial charge in [-0.15, -0.1) is 5.10 Å². The van der Waals surface area contributed by atoms with Crippen LogP contribution in [-0.4, -0.2) is 41.6 Å². The van der Waals surface area contributed by atoms with Crippen molar-refractivity contribution in [2.45, 2.75) is 26.2 Å². The summed E-state index contributed by atoms with van der Waals surface area (Å²) in [6.45, 7) is 5.19. The first-order chi connectivity index (χ1) is 14.2. The molecule has 1 aromatic heterocycles. The number of benzene rings is 2. The van der Waals surface area contributed by atoms with Crippen molar-refractivity contribution in [2.75, 3.05) is 37.0 Å². The molecular weight excluding hydrogens is 362 g/mol. The van der Waals surface area contributed by atoms with Gasteiger partial charge in [0.2, 0.25) is 5.95 Å². The third-order valence-corrected chi connectivity index (χ3v) is 5.54. The predicted octanol–water partition coefficient (Wildman–Crippen LogP) is 4.57. The highest BCUT2D eigenvalue weighted by molar-refractivity contribution is 5.64. The lowest BCUT2D eigenvalue weighted by Gasteiger charge is -2.34. The van der Waals surface area contributed by atoms with Crippen molar-refractivity contribution in [1.29, 1.82) is 0 Å². The van der Waals surface area contributed by atoms with Crippen LogP contribution in [0.2, 0.25) is 0 Å². The number of rotatable bonds is 7. The average Bonchev–Trinajstić information content (AvgIpc) is 3.21. The van der Waals surface area contributed by atoms with E-state index in [2.05, 4.69) is 45.4 Å². The maximum absolute atomic E-state index is 5.24. The lowest BCUT2D eigenvalue weighted by atomic mass is 9.93. The van der Waals surface area contributed by atoms with E-state index < -0.39 is 0 Å². The molecule has 1 fully saturated rings. The summed E-state index contributed by atoms with van der Waals surface area (Å²) in [5, 5.41) is 7.92. The highest BCUT2D eigenvalue weighted by atomic mass is 16.5. The molecule has 0 saturated carbocycles. The van der Waals surface area contributed by atoms with Crippen LogP contribution in [0.5, 0.6) is 0 Å². The molecule has 152 valence electrons. The molecule has 0 aliphatic carbocycles. The van der Waals surface area contributed by atoms with Crippen molar-refractivity contribution in [3.05, 3.63) is 60.4 Å². The second-order valence-electron chi connectivity index (χ2n) is 7.74. The first-order valence-electron chi connectivity index (χ1n) is 10.3. The van der Waals surface area contributed by atoms with Crippen LogP contribution in [0.3, 0.4) is 0 Å². The largest absolute Gasteiger partial charge is 0.385 e. The maximum atomic E-state index is 5.24. The second-order valence-corrected chi connectivity index (χ2v) is 7.74. The van der Waals surface area contributed by atoms with E-state index in [0.717, 1.165) is 37.0 Å². The number of hydrogen-bond acceptors (Lipinski definition) is 5. The van der Waals surface area contributed by atoms with Gasteiger partial charge in [-0.2, -0.15) is 4.98 Å². The van der Waals surface area contributed by atoms with Crippen molar-refractivity contribution < 1.29 is 4.74 Å². The van der Waals surface area contributed by atoms with Gasteiger partial charge in [-0.25, -0.2) is 4.68 Å². The van der Waals surface area contributed by atoms with Crippen LogP contribution in [0, 0.1) is 12.8 Å². The molecule has 29 heavy (non-hydrogen) atoms. The van der Waals surface area contributed by atoms with Gasteiger partial charge in [-0.3, -0.25) is 0 Å². The molecule has 1 aliphatic rings. The van der Waals surface area contributed by atoms with Crippen LogP contribution >= 0.6 is 0 Å². The summed E-state index contributed by atoms with van der Waals surface area (Å²) < 4.78 is 7.02. The highest BCUT2D eigenvalue weighted by Crippen LogP contribution is 2.29. The van der Waals surface area contributed by atoms with Crippen LogP contribution in [0.15, 0.2) is 54.9 Å². The minimum Gasteiger partial charge on any atom is -0.385 e. The minimum atomic E-state index is 0.601. The predicted molar refractivity (Wildman–Crippen MR) is 117 cm³/mol. The molecule has 0 unspecified atom stereocenters. The van der Waals surface area contributed by atoms with E-state index in [-0.39, 0.29) is 0 Å². The molecule has 2 aromatic carbocycles. The van der Waals surface area contributed by atoms with E-state index >= 15 is 0 Å². The van der Waals surface area contributed by atoms with Crippen LogP contribution in [0.4, 0.5) is 17.3 Å². The Labute approximate surface area is 172 Å². The van der Waals surface area contributed by atoms with Crippen molar-refractivity contribution in [3.8, 4) is 5.69 Å². The SMILES string of the molecule is COCCC1CCN(c2cc(C)cc(Nc3ncn(-c4ccccc4)n3)c2)CC1. The Kier molecular flexibility index (Phi) is 6.10. The molecule has 1 N–H and O–H groups in total. The molecular formula is C23H29N5O. The molecule has 6 heteroatoms. The molecule has 3 aromatic rings. The molecule has 1 aliphatic heterocycles. The van der Waals surface area contributed by atoms with Crippen LogP contribution in [0.1, 0.15) is 24.8 Å². The van der Waals surface area contributed by atoms with Gasteiger partial charge in [0.1, 0.15) is 6.33 Å². The Bertz CT molecular complexity index is 916. The summed E-state index contributed by atoms with van der Waals surface area (Å²) in [6, 6.07) is 16.6. The number of piperidine rings is 1. The monoisotopic (exact) mass is 391 g/mol. The van der Waals surface area contributed by atoms with Gasteiger partial charge in [-0.1, -0.05) is 18.2 Å². The van der Waals surface area contributed by atoms with Crippen LogP contribution in [-0.2, 0) is 4.74 Å². The maximum Gasteiger partial charge on any atom is 0.246 e. The third-order valence-electron chi connectivity index (χ3n) is 5.54. The number of para-hydroxylation sites is 1. The van der Waals surface area contributed by atoms with Crippen molar-refractivity contribution in [3.63, 3.8) is 0 Å². The fourth-order valence-electron chi connectivity index (χ4n) is 3.94. The van der Waals surface area contributed by atoms with E-state index in [1.165, 1.54) is 30.5 Å².